The maximum absolute atomic E-state index is 12.8. The van der Waals surface area contributed by atoms with Gasteiger partial charge < -0.3 is 9.80 Å². The second kappa shape index (κ2) is 9.62. The molecule has 1 aliphatic rings. The Morgan fingerprint density at radius 3 is 2.53 bits per heavy atom. The van der Waals surface area contributed by atoms with Crippen molar-refractivity contribution in [1.82, 2.24) is 9.62 Å². The summed E-state index contributed by atoms with van der Waals surface area (Å²) in [5.41, 5.74) is 1.97. The molecule has 2 atom stereocenters. The molecule has 1 aromatic heterocycles. The van der Waals surface area contributed by atoms with E-state index in [-0.39, 0.29) is 5.91 Å². The minimum absolute atomic E-state index is 0.237. The summed E-state index contributed by atoms with van der Waals surface area (Å²) in [5, 5.41) is 1.08. The fourth-order valence-corrected chi connectivity index (χ4v) is 5.70. The van der Waals surface area contributed by atoms with E-state index in [9.17, 15) is 13.2 Å². The molecule has 1 aliphatic heterocycles. The molecule has 9 heteroatoms. The summed E-state index contributed by atoms with van der Waals surface area (Å²) in [5.74, 6) is -0.237. The molecular weight excluding hydrogens is 442 g/mol. The van der Waals surface area contributed by atoms with Crippen LogP contribution in [0.2, 0.25) is 4.34 Å². The van der Waals surface area contributed by atoms with Crippen molar-refractivity contribution in [2.75, 3.05) is 25.5 Å². The van der Waals surface area contributed by atoms with Gasteiger partial charge in [0.2, 0.25) is 15.9 Å². The molecular formula is C21H26ClN3O3S2. The van der Waals surface area contributed by atoms with E-state index in [0.29, 0.717) is 23.3 Å². The minimum atomic E-state index is -3.74. The number of amides is 1. The number of anilines is 1. The van der Waals surface area contributed by atoms with Gasteiger partial charge in [0.15, 0.2) is 0 Å². The van der Waals surface area contributed by atoms with Gasteiger partial charge in [-0.2, -0.15) is 4.72 Å². The van der Waals surface area contributed by atoms with E-state index >= 15 is 0 Å². The fraction of sp³-hybridized carbons (Fsp3) is 0.381. The Kier molecular flexibility index (Phi) is 7.36. The number of benzene rings is 1. The summed E-state index contributed by atoms with van der Waals surface area (Å²) in [6, 6.07) is 10.9. The molecule has 1 fully saturated rings. The molecule has 0 unspecified atom stereocenters. The molecule has 0 saturated carbocycles. The lowest BCUT2D eigenvalue weighted by molar-refractivity contribution is -0.118. The molecule has 30 heavy (non-hydrogen) atoms. The molecule has 0 aliphatic carbocycles. The number of nitrogens with one attached hydrogen (secondary N) is 1. The molecule has 162 valence electrons. The van der Waals surface area contributed by atoms with Gasteiger partial charge in [-0.15, -0.1) is 11.3 Å². The lowest BCUT2D eigenvalue weighted by Crippen LogP contribution is -2.40. The number of rotatable bonds is 8. The van der Waals surface area contributed by atoms with Crippen molar-refractivity contribution in [3.63, 3.8) is 0 Å². The predicted molar refractivity (Wildman–Crippen MR) is 124 cm³/mol. The maximum atomic E-state index is 12.8. The number of hydrogen-bond acceptors (Lipinski definition) is 5. The van der Waals surface area contributed by atoms with Gasteiger partial charge in [0, 0.05) is 28.6 Å². The van der Waals surface area contributed by atoms with Gasteiger partial charge in [-0.1, -0.05) is 30.7 Å². The fourth-order valence-electron chi connectivity index (χ4n) is 3.63. The van der Waals surface area contributed by atoms with Gasteiger partial charge in [0.25, 0.3) is 0 Å². The van der Waals surface area contributed by atoms with Crippen LogP contribution in [0.5, 0.6) is 0 Å². The van der Waals surface area contributed by atoms with Crippen molar-refractivity contribution < 1.29 is 13.2 Å². The van der Waals surface area contributed by atoms with Crippen molar-refractivity contribution in [2.45, 2.75) is 31.8 Å². The molecule has 0 spiro atoms. The molecule has 2 aromatic rings. The molecule has 2 heterocycles. The lowest BCUT2D eigenvalue weighted by atomic mass is 10.0. The number of sulfonamides is 1. The summed E-state index contributed by atoms with van der Waals surface area (Å²) < 4.78 is 27.8. The summed E-state index contributed by atoms with van der Waals surface area (Å²) in [7, 11) is 0.348. The van der Waals surface area contributed by atoms with Crippen LogP contribution in [0.25, 0.3) is 6.08 Å². The summed E-state index contributed by atoms with van der Waals surface area (Å²) in [4.78, 5) is 17.3. The number of halogens is 1. The van der Waals surface area contributed by atoms with E-state index in [0.717, 1.165) is 22.4 Å². The highest BCUT2D eigenvalue weighted by Gasteiger charge is 2.34. The second-order valence-electron chi connectivity index (χ2n) is 7.42. The van der Waals surface area contributed by atoms with Gasteiger partial charge in [-0.05, 0) is 62.8 Å². The van der Waals surface area contributed by atoms with Gasteiger partial charge >= 0.3 is 0 Å². The predicted octanol–water partition coefficient (Wildman–Crippen LogP) is 4.11. The van der Waals surface area contributed by atoms with Gasteiger partial charge in [-0.3, -0.25) is 4.79 Å². The van der Waals surface area contributed by atoms with Crippen LogP contribution in [0.3, 0.4) is 0 Å². The van der Waals surface area contributed by atoms with Crippen LogP contribution in [0.4, 0.5) is 5.69 Å². The monoisotopic (exact) mass is 467 g/mol. The Labute approximate surface area is 187 Å². The molecule has 1 aromatic carbocycles. The topological polar surface area (TPSA) is 69.7 Å². The highest BCUT2D eigenvalue weighted by molar-refractivity contribution is 7.92. The van der Waals surface area contributed by atoms with E-state index in [1.54, 1.807) is 17.0 Å². The van der Waals surface area contributed by atoms with Crippen LogP contribution in [0, 0.1) is 0 Å². The third kappa shape index (κ3) is 5.50. The van der Waals surface area contributed by atoms with Gasteiger partial charge in [0.05, 0.1) is 4.34 Å². The number of carbonyl (C=O) groups excluding carboxylic acids is 1. The minimum Gasteiger partial charge on any atom is -0.311 e. The zero-order chi connectivity index (χ0) is 21.9. The van der Waals surface area contributed by atoms with Crippen LogP contribution in [-0.4, -0.2) is 45.9 Å². The SMILES string of the molecule is CC[C@H](c1ccc(N2CC[C@H](NS(=O)(=O)C=Cc3ccc(Cl)s3)C2=O)cc1)N(C)C. The van der Waals surface area contributed by atoms with Crippen LogP contribution in [-0.2, 0) is 14.8 Å². The first kappa shape index (κ1) is 23.0. The van der Waals surface area contributed by atoms with E-state index in [2.05, 4.69) is 16.5 Å². The molecule has 3 rings (SSSR count). The lowest BCUT2D eigenvalue weighted by Gasteiger charge is -2.24. The normalized spacial score (nSPS) is 18.6. The maximum Gasteiger partial charge on any atom is 0.245 e. The highest BCUT2D eigenvalue weighted by Crippen LogP contribution is 2.27. The summed E-state index contributed by atoms with van der Waals surface area (Å²) in [6.07, 6.45) is 2.89. The zero-order valence-electron chi connectivity index (χ0n) is 17.2. The first-order chi connectivity index (χ1) is 14.2. The van der Waals surface area contributed by atoms with E-state index in [1.807, 2.05) is 38.4 Å². The largest absolute Gasteiger partial charge is 0.311 e. The Balaban J connectivity index is 1.66. The Bertz CT molecular complexity index is 1020. The summed E-state index contributed by atoms with van der Waals surface area (Å²) in [6.45, 7) is 2.61. The van der Waals surface area contributed by atoms with E-state index in [1.165, 1.54) is 23.0 Å². The first-order valence-corrected chi connectivity index (χ1v) is 12.5. The first-order valence-electron chi connectivity index (χ1n) is 9.73. The molecule has 0 radical (unpaired) electrons. The quantitative estimate of drug-likeness (QED) is 0.634. The Hall–Kier alpha value is -1.71. The molecule has 6 nitrogen and oxygen atoms in total. The number of hydrogen-bond donors (Lipinski definition) is 1. The third-order valence-corrected chi connectivity index (χ3v) is 7.42. The molecule has 1 saturated heterocycles. The van der Waals surface area contributed by atoms with Crippen molar-refractivity contribution >= 4 is 50.6 Å². The number of nitrogens with zero attached hydrogens (tertiary/aromatic N) is 2. The van der Waals surface area contributed by atoms with Crippen LogP contribution in [0.1, 0.15) is 36.2 Å². The van der Waals surface area contributed by atoms with Crippen molar-refractivity contribution in [2.24, 2.45) is 0 Å². The Morgan fingerprint density at radius 2 is 1.97 bits per heavy atom. The molecule has 1 N–H and O–H groups in total. The number of carbonyl (C=O) groups is 1. The third-order valence-electron chi connectivity index (χ3n) is 5.12. The van der Waals surface area contributed by atoms with Gasteiger partial charge in [-0.25, -0.2) is 8.42 Å². The molecule has 1 amide bonds. The average molecular weight is 468 g/mol. The summed E-state index contributed by atoms with van der Waals surface area (Å²) >= 11 is 7.14. The Morgan fingerprint density at radius 1 is 1.27 bits per heavy atom. The molecule has 0 bridgehead atoms. The van der Waals surface area contributed by atoms with Crippen LogP contribution in [0.15, 0.2) is 41.8 Å². The standard InChI is InChI=1S/C21H26ClN3O3S2/c1-4-19(24(2)3)15-5-7-16(8-6-15)25-13-11-18(21(25)26)23-30(27,28)14-12-17-9-10-20(22)29-17/h5-10,12,14,18-19,23H,4,11,13H2,1-3H3/t18-,19+/m0/s1. The second-order valence-corrected chi connectivity index (χ2v) is 10.8. The van der Waals surface area contributed by atoms with Crippen molar-refractivity contribution in [1.29, 1.82) is 0 Å². The van der Waals surface area contributed by atoms with Crippen LogP contribution >= 0.6 is 22.9 Å². The van der Waals surface area contributed by atoms with Gasteiger partial charge in [0.1, 0.15) is 6.04 Å². The van der Waals surface area contributed by atoms with Crippen molar-refractivity contribution in [3.8, 4) is 0 Å². The average Bonchev–Trinajstić information content (AvgIpc) is 3.27. The van der Waals surface area contributed by atoms with Crippen LogP contribution < -0.4 is 9.62 Å². The smallest absolute Gasteiger partial charge is 0.245 e. The van der Waals surface area contributed by atoms with E-state index in [4.69, 9.17) is 11.6 Å². The number of thiophene rings is 1. The highest BCUT2D eigenvalue weighted by atomic mass is 35.5. The van der Waals surface area contributed by atoms with Crippen molar-refractivity contribution in [3.05, 3.63) is 56.6 Å². The van der Waals surface area contributed by atoms with E-state index < -0.39 is 16.1 Å². The zero-order valence-corrected chi connectivity index (χ0v) is 19.6.